The van der Waals surface area contributed by atoms with Gasteiger partial charge in [-0.1, -0.05) is 5.16 Å². The number of hydrogen-bond donors (Lipinski definition) is 0. The van der Waals surface area contributed by atoms with Gasteiger partial charge >= 0.3 is 0 Å². The highest BCUT2D eigenvalue weighted by atomic mass is 79.9. The number of carbonyl (C=O) groups is 1. The number of aromatic nitrogens is 1. The van der Waals surface area contributed by atoms with E-state index < -0.39 is 0 Å². The van der Waals surface area contributed by atoms with Gasteiger partial charge in [-0.15, -0.1) is 0 Å². The number of aldehydes is 1. The lowest BCUT2D eigenvalue weighted by Crippen LogP contribution is -1.99. The lowest BCUT2D eigenvalue weighted by atomic mass is 10.2. The van der Waals surface area contributed by atoms with Crippen LogP contribution in [0.5, 0.6) is 11.5 Å². The maximum Gasteiger partial charge on any atom is 0.162 e. The van der Waals surface area contributed by atoms with E-state index in [1.165, 1.54) is 7.11 Å². The molecule has 0 unspecified atom stereocenters. The molecule has 0 radical (unpaired) electrons. The summed E-state index contributed by atoms with van der Waals surface area (Å²) in [7, 11) is 1.54. The molecule has 100 valence electrons. The van der Waals surface area contributed by atoms with E-state index in [9.17, 15) is 4.79 Å². The molecule has 2 rings (SSSR count). The van der Waals surface area contributed by atoms with Crippen molar-refractivity contribution in [2.75, 3.05) is 7.11 Å². The maximum atomic E-state index is 10.9. The van der Waals surface area contributed by atoms with Crippen LogP contribution in [-0.2, 0) is 6.61 Å². The van der Waals surface area contributed by atoms with Gasteiger partial charge in [0.1, 0.15) is 18.1 Å². The highest BCUT2D eigenvalue weighted by Gasteiger charge is 2.11. The number of hydrogen-bond acceptors (Lipinski definition) is 5. The molecule has 0 aliphatic rings. The first-order valence-electron chi connectivity index (χ1n) is 5.51. The van der Waals surface area contributed by atoms with Crippen LogP contribution >= 0.6 is 15.9 Å². The van der Waals surface area contributed by atoms with Gasteiger partial charge in [0.05, 0.1) is 7.11 Å². The Hall–Kier alpha value is -1.82. The number of ether oxygens (including phenoxy) is 2. The summed E-state index contributed by atoms with van der Waals surface area (Å²) in [5.41, 5.74) is 1.17. The lowest BCUT2D eigenvalue weighted by molar-refractivity contribution is 0.112. The van der Waals surface area contributed by atoms with E-state index in [2.05, 4.69) is 21.1 Å². The number of nitrogens with zero attached hydrogens (tertiary/aromatic N) is 1. The molecule has 5 nitrogen and oxygen atoms in total. The highest BCUT2D eigenvalue weighted by Crippen LogP contribution is 2.33. The maximum absolute atomic E-state index is 10.9. The molecule has 0 aliphatic heterocycles. The van der Waals surface area contributed by atoms with E-state index in [0.717, 1.165) is 12.0 Å². The molecule has 2 aromatic rings. The van der Waals surface area contributed by atoms with Gasteiger partial charge in [0.25, 0.3) is 0 Å². The second-order valence-corrected chi connectivity index (χ2v) is 4.71. The zero-order valence-corrected chi connectivity index (χ0v) is 12.1. The first-order valence-corrected chi connectivity index (χ1v) is 6.31. The smallest absolute Gasteiger partial charge is 0.162 e. The Balaban J connectivity index is 2.20. The predicted octanol–water partition coefficient (Wildman–Crippen LogP) is 3.15. The zero-order valence-electron chi connectivity index (χ0n) is 10.5. The molecule has 0 spiro atoms. The molecule has 1 aromatic heterocycles. The molecule has 0 amide bonds. The van der Waals surface area contributed by atoms with Crippen LogP contribution in [0.1, 0.15) is 21.8 Å². The van der Waals surface area contributed by atoms with Gasteiger partial charge in [-0.05, 0) is 35.0 Å². The van der Waals surface area contributed by atoms with Crippen molar-refractivity contribution in [2.45, 2.75) is 13.5 Å². The average Bonchev–Trinajstić information content (AvgIpc) is 2.82. The van der Waals surface area contributed by atoms with Crippen LogP contribution in [-0.4, -0.2) is 18.6 Å². The van der Waals surface area contributed by atoms with E-state index in [1.807, 2.05) is 0 Å². The van der Waals surface area contributed by atoms with Gasteiger partial charge < -0.3 is 14.0 Å². The van der Waals surface area contributed by atoms with Crippen LogP contribution in [0.15, 0.2) is 27.2 Å². The molecule has 1 aromatic carbocycles. The highest BCUT2D eigenvalue weighted by molar-refractivity contribution is 9.10. The van der Waals surface area contributed by atoms with Crippen molar-refractivity contribution in [1.29, 1.82) is 0 Å². The van der Waals surface area contributed by atoms with Crippen LogP contribution in [0.25, 0.3) is 0 Å². The number of halogens is 1. The van der Waals surface area contributed by atoms with E-state index in [-0.39, 0.29) is 6.61 Å². The van der Waals surface area contributed by atoms with E-state index in [1.54, 1.807) is 25.1 Å². The molecule has 6 heteroatoms. The van der Waals surface area contributed by atoms with Crippen molar-refractivity contribution < 1.29 is 18.8 Å². The van der Waals surface area contributed by atoms with Gasteiger partial charge in [-0.25, -0.2) is 0 Å². The third kappa shape index (κ3) is 3.14. The van der Waals surface area contributed by atoms with Crippen LogP contribution in [0.2, 0.25) is 0 Å². The fourth-order valence-corrected chi connectivity index (χ4v) is 1.97. The quantitative estimate of drug-likeness (QED) is 0.790. The zero-order chi connectivity index (χ0) is 13.8. The van der Waals surface area contributed by atoms with Crippen LogP contribution in [0.3, 0.4) is 0 Å². The number of benzene rings is 1. The summed E-state index contributed by atoms with van der Waals surface area (Å²) in [4.78, 5) is 10.9. The van der Waals surface area contributed by atoms with Crippen molar-refractivity contribution in [3.8, 4) is 11.5 Å². The Morgan fingerprint density at radius 2 is 2.16 bits per heavy atom. The molecular formula is C13H12BrNO4. The van der Waals surface area contributed by atoms with Crippen molar-refractivity contribution in [3.05, 3.63) is 39.7 Å². The number of rotatable bonds is 5. The van der Waals surface area contributed by atoms with E-state index >= 15 is 0 Å². The summed E-state index contributed by atoms with van der Waals surface area (Å²) < 4.78 is 16.4. The largest absolute Gasteiger partial charge is 0.493 e. The van der Waals surface area contributed by atoms with E-state index in [0.29, 0.717) is 27.2 Å². The van der Waals surface area contributed by atoms with Crippen LogP contribution in [0, 0.1) is 6.92 Å². The first kappa shape index (κ1) is 13.6. The third-order valence-electron chi connectivity index (χ3n) is 2.46. The minimum absolute atomic E-state index is 0.244. The Kier molecular flexibility index (Phi) is 4.21. The lowest BCUT2D eigenvalue weighted by Gasteiger charge is -2.11. The molecular weight excluding hydrogens is 314 g/mol. The van der Waals surface area contributed by atoms with Crippen molar-refractivity contribution in [1.82, 2.24) is 5.16 Å². The summed E-state index contributed by atoms with van der Waals surface area (Å²) >= 11 is 3.29. The van der Waals surface area contributed by atoms with E-state index in [4.69, 9.17) is 14.0 Å². The molecule has 0 aliphatic carbocycles. The minimum Gasteiger partial charge on any atom is -0.493 e. The van der Waals surface area contributed by atoms with Crippen molar-refractivity contribution in [2.24, 2.45) is 0 Å². The fraction of sp³-hybridized carbons (Fsp3) is 0.231. The monoisotopic (exact) mass is 325 g/mol. The molecule has 0 saturated carbocycles. The molecule has 0 bridgehead atoms. The topological polar surface area (TPSA) is 61.6 Å². The number of aryl methyl sites for hydroxylation is 1. The first-order chi connectivity index (χ1) is 9.13. The third-order valence-corrected chi connectivity index (χ3v) is 3.15. The molecule has 1 heterocycles. The van der Waals surface area contributed by atoms with Crippen LogP contribution in [0.4, 0.5) is 0 Å². The minimum atomic E-state index is 0.244. The number of methoxy groups -OCH3 is 1. The number of carbonyl (C=O) groups excluding carboxylic acids is 1. The SMILES string of the molecule is COc1cc(Br)c(C=O)cc1OCc1cc(C)on1. The standard InChI is InChI=1S/C13H12BrNO4/c1-8-3-10(15-19-8)7-18-13-4-9(6-16)11(14)5-12(13)17-2/h3-6H,7H2,1-2H3. The van der Waals surface area contributed by atoms with Gasteiger partial charge in [0.15, 0.2) is 17.8 Å². The van der Waals surface area contributed by atoms with Gasteiger partial charge in [-0.3, -0.25) is 4.79 Å². The summed E-state index contributed by atoms with van der Waals surface area (Å²) in [6, 6.07) is 5.09. The second-order valence-electron chi connectivity index (χ2n) is 3.86. The van der Waals surface area contributed by atoms with Crippen LogP contribution < -0.4 is 9.47 Å². The molecule has 0 N–H and O–H groups in total. The molecule has 0 atom stereocenters. The summed E-state index contributed by atoms with van der Waals surface area (Å²) in [6.45, 7) is 2.05. The average molecular weight is 326 g/mol. The van der Waals surface area contributed by atoms with Gasteiger partial charge in [0, 0.05) is 16.1 Å². The Labute approximate surface area is 118 Å². The van der Waals surface area contributed by atoms with Crippen molar-refractivity contribution >= 4 is 22.2 Å². The van der Waals surface area contributed by atoms with Gasteiger partial charge in [0.2, 0.25) is 0 Å². The normalized spacial score (nSPS) is 10.3. The summed E-state index contributed by atoms with van der Waals surface area (Å²) in [6.07, 6.45) is 0.747. The summed E-state index contributed by atoms with van der Waals surface area (Å²) in [5.74, 6) is 1.74. The molecule has 19 heavy (non-hydrogen) atoms. The Morgan fingerprint density at radius 3 is 2.74 bits per heavy atom. The predicted molar refractivity (Wildman–Crippen MR) is 71.7 cm³/mol. The van der Waals surface area contributed by atoms with Crippen molar-refractivity contribution in [3.63, 3.8) is 0 Å². The Bertz CT molecular complexity index is 594. The second kappa shape index (κ2) is 5.88. The fourth-order valence-electron chi connectivity index (χ4n) is 1.55. The van der Waals surface area contributed by atoms with Gasteiger partial charge in [-0.2, -0.15) is 0 Å². The Morgan fingerprint density at radius 1 is 1.37 bits per heavy atom. The molecule has 0 fully saturated rings. The molecule has 0 saturated heterocycles. The summed E-state index contributed by atoms with van der Waals surface area (Å²) in [5, 5.41) is 3.83.